The van der Waals surface area contributed by atoms with Crippen LogP contribution in [0.25, 0.3) is 0 Å². The van der Waals surface area contributed by atoms with Gasteiger partial charge in [-0.2, -0.15) is 8.42 Å². The lowest BCUT2D eigenvalue weighted by atomic mass is 9.95. The Morgan fingerprint density at radius 3 is 2.57 bits per heavy atom. The highest BCUT2D eigenvalue weighted by Gasteiger charge is 2.41. The van der Waals surface area contributed by atoms with Crippen LogP contribution in [0.3, 0.4) is 0 Å². The molecule has 1 aromatic rings. The largest absolute Gasteiger partial charge is 0.508 e. The summed E-state index contributed by atoms with van der Waals surface area (Å²) < 4.78 is 32.8. The summed E-state index contributed by atoms with van der Waals surface area (Å²) in [6, 6.07) is 3.98. The van der Waals surface area contributed by atoms with Gasteiger partial charge < -0.3 is 15.2 Å². The molecule has 0 bridgehead atoms. The number of anilines is 1. The number of rotatable bonds is 4. The number of hydrogen-bond donors (Lipinski definition) is 2. The van der Waals surface area contributed by atoms with Crippen LogP contribution < -0.4 is 5.32 Å². The molecule has 2 unspecified atom stereocenters. The van der Waals surface area contributed by atoms with Crippen LogP contribution >= 0.6 is 0 Å². The number of benzene rings is 1. The molecule has 0 amide bonds. The van der Waals surface area contributed by atoms with Crippen molar-refractivity contribution in [1.82, 2.24) is 0 Å². The topological polar surface area (TPSA) is 102 Å². The summed E-state index contributed by atoms with van der Waals surface area (Å²) >= 11 is 0. The average molecular weight is 343 g/mol. The molecule has 0 saturated heterocycles. The number of hydrogen-bond acceptors (Lipinski definition) is 7. The quantitative estimate of drug-likeness (QED) is 0.632. The Kier molecular flexibility index (Phi) is 4.59. The van der Waals surface area contributed by atoms with Crippen molar-refractivity contribution >= 4 is 21.8 Å². The molecule has 0 fully saturated rings. The zero-order valence-electron chi connectivity index (χ0n) is 13.5. The van der Waals surface area contributed by atoms with Crippen LogP contribution in [0.2, 0.25) is 0 Å². The molecule has 1 heterocycles. The van der Waals surface area contributed by atoms with Gasteiger partial charge in [0, 0.05) is 17.2 Å². The number of esters is 1. The third-order valence-corrected chi connectivity index (χ3v) is 3.85. The maximum absolute atomic E-state index is 12.4. The molecule has 8 heteroatoms. The van der Waals surface area contributed by atoms with Crippen LogP contribution in [0.4, 0.5) is 5.69 Å². The van der Waals surface area contributed by atoms with Gasteiger partial charge in [-0.05, 0) is 32.9 Å². The van der Waals surface area contributed by atoms with Crippen LogP contribution in [0.5, 0.6) is 5.75 Å². The fourth-order valence-electron chi connectivity index (χ4n) is 2.47. The van der Waals surface area contributed by atoms with Crippen molar-refractivity contribution in [2.75, 3.05) is 18.2 Å². The summed E-state index contributed by atoms with van der Waals surface area (Å²) in [5, 5.41) is 13.0. The minimum Gasteiger partial charge on any atom is -0.508 e. The lowest BCUT2D eigenvalue weighted by Gasteiger charge is -2.25. The zero-order chi connectivity index (χ0) is 17.4. The van der Waals surface area contributed by atoms with E-state index in [-0.39, 0.29) is 12.4 Å². The van der Waals surface area contributed by atoms with E-state index in [1.807, 2.05) is 0 Å². The van der Waals surface area contributed by atoms with E-state index < -0.39 is 33.6 Å². The van der Waals surface area contributed by atoms with E-state index in [0.717, 1.165) is 6.26 Å². The Bertz CT molecular complexity index is 707. The van der Waals surface area contributed by atoms with Gasteiger partial charge in [0.05, 0.1) is 12.9 Å². The summed E-state index contributed by atoms with van der Waals surface area (Å²) in [7, 11) is -3.67. The van der Waals surface area contributed by atoms with Crippen LogP contribution in [0.15, 0.2) is 18.2 Å². The number of ether oxygens (including phenoxy) is 1. The second kappa shape index (κ2) is 6.01. The lowest BCUT2D eigenvalue weighted by Crippen LogP contribution is -2.38. The number of aromatic hydroxyl groups is 1. The fraction of sp³-hybridized carbons (Fsp3) is 0.533. The highest BCUT2D eigenvalue weighted by atomic mass is 32.2. The minimum atomic E-state index is -3.67. The Morgan fingerprint density at radius 1 is 1.35 bits per heavy atom. The maximum atomic E-state index is 12.4. The Morgan fingerprint density at radius 2 is 2.00 bits per heavy atom. The summed E-state index contributed by atoms with van der Waals surface area (Å²) in [6.07, 6.45) is 0.934. The Hall–Kier alpha value is -1.80. The Labute approximate surface area is 135 Å². The fourth-order valence-corrected chi connectivity index (χ4v) is 2.86. The van der Waals surface area contributed by atoms with E-state index in [0.29, 0.717) is 11.3 Å². The lowest BCUT2D eigenvalue weighted by molar-refractivity contribution is -0.156. The van der Waals surface area contributed by atoms with Gasteiger partial charge in [0.1, 0.15) is 17.4 Å². The van der Waals surface area contributed by atoms with Crippen molar-refractivity contribution in [3.63, 3.8) is 0 Å². The predicted octanol–water partition coefficient (Wildman–Crippen LogP) is 1.59. The van der Waals surface area contributed by atoms with Crippen molar-refractivity contribution in [2.45, 2.75) is 38.3 Å². The number of nitrogens with one attached hydrogen (secondary N) is 1. The molecule has 0 spiro atoms. The van der Waals surface area contributed by atoms with E-state index >= 15 is 0 Å². The molecule has 1 aliphatic rings. The number of carbonyl (C=O) groups is 1. The summed E-state index contributed by atoms with van der Waals surface area (Å²) in [5.74, 6) is -1.23. The van der Waals surface area contributed by atoms with Crippen molar-refractivity contribution in [2.24, 2.45) is 0 Å². The molecule has 2 atom stereocenters. The SMILES string of the molecule is CC(C)(C)OC(=O)C1Nc2cccc(O)c2C1COS(C)(=O)=O. The molecule has 0 radical (unpaired) electrons. The molecule has 0 saturated carbocycles. The number of fused-ring (bicyclic) bond motifs is 1. The molecular weight excluding hydrogens is 322 g/mol. The van der Waals surface area contributed by atoms with Gasteiger partial charge in [0.2, 0.25) is 0 Å². The molecule has 2 N–H and O–H groups in total. The molecular formula is C15H21NO6S. The molecule has 2 rings (SSSR count). The van der Waals surface area contributed by atoms with Gasteiger partial charge in [-0.1, -0.05) is 6.07 Å². The highest BCUT2D eigenvalue weighted by Crippen LogP contribution is 2.42. The molecule has 23 heavy (non-hydrogen) atoms. The first-order valence-corrected chi connectivity index (χ1v) is 8.95. The van der Waals surface area contributed by atoms with Crippen molar-refractivity contribution in [3.8, 4) is 5.75 Å². The summed E-state index contributed by atoms with van der Waals surface area (Å²) in [4.78, 5) is 12.4. The first-order valence-electron chi connectivity index (χ1n) is 7.13. The van der Waals surface area contributed by atoms with Crippen molar-refractivity contribution < 1.29 is 27.2 Å². The summed E-state index contributed by atoms with van der Waals surface area (Å²) in [5.41, 5.74) is 0.327. The average Bonchev–Trinajstić information content (AvgIpc) is 2.73. The minimum absolute atomic E-state index is 0.0249. The molecule has 7 nitrogen and oxygen atoms in total. The van der Waals surface area contributed by atoms with Crippen molar-refractivity contribution in [3.05, 3.63) is 23.8 Å². The smallest absolute Gasteiger partial charge is 0.329 e. The molecule has 0 aliphatic carbocycles. The first-order chi connectivity index (χ1) is 10.5. The first kappa shape index (κ1) is 17.6. The third-order valence-electron chi connectivity index (χ3n) is 3.29. The molecule has 128 valence electrons. The van der Waals surface area contributed by atoms with Gasteiger partial charge in [-0.15, -0.1) is 0 Å². The van der Waals surface area contributed by atoms with E-state index in [4.69, 9.17) is 8.92 Å². The summed E-state index contributed by atoms with van der Waals surface area (Å²) in [6.45, 7) is 4.96. The van der Waals surface area contributed by atoms with Crippen LogP contribution in [0.1, 0.15) is 32.3 Å². The monoisotopic (exact) mass is 343 g/mol. The van der Waals surface area contributed by atoms with Crippen LogP contribution in [0, 0.1) is 0 Å². The normalized spacial score (nSPS) is 20.7. The Balaban J connectivity index is 2.31. The predicted molar refractivity (Wildman–Crippen MR) is 84.9 cm³/mol. The van der Waals surface area contributed by atoms with Crippen LogP contribution in [-0.2, 0) is 23.8 Å². The molecule has 1 aliphatic heterocycles. The number of phenolic OH excluding ortho intramolecular Hbond substituents is 1. The van der Waals surface area contributed by atoms with E-state index in [2.05, 4.69) is 5.32 Å². The van der Waals surface area contributed by atoms with Gasteiger partial charge in [-0.3, -0.25) is 4.18 Å². The standard InChI is InChI=1S/C15H21NO6S/c1-15(2,3)22-14(18)13-9(8-21-23(4,19)20)12-10(16-13)6-5-7-11(12)17/h5-7,9,13,16-17H,8H2,1-4H3. The second-order valence-corrected chi connectivity index (χ2v) is 8.13. The van der Waals surface area contributed by atoms with Crippen molar-refractivity contribution in [1.29, 1.82) is 0 Å². The number of phenols is 1. The maximum Gasteiger partial charge on any atom is 0.329 e. The van der Waals surface area contributed by atoms with E-state index in [1.165, 1.54) is 6.07 Å². The molecule has 1 aromatic carbocycles. The number of carbonyl (C=O) groups excluding carboxylic acids is 1. The second-order valence-electron chi connectivity index (χ2n) is 6.49. The van der Waals surface area contributed by atoms with E-state index in [9.17, 15) is 18.3 Å². The highest BCUT2D eigenvalue weighted by molar-refractivity contribution is 7.85. The van der Waals surface area contributed by atoms with Gasteiger partial charge >= 0.3 is 5.97 Å². The van der Waals surface area contributed by atoms with Gasteiger partial charge in [0.25, 0.3) is 10.1 Å². The van der Waals surface area contributed by atoms with Gasteiger partial charge in [0.15, 0.2) is 0 Å². The zero-order valence-corrected chi connectivity index (χ0v) is 14.3. The van der Waals surface area contributed by atoms with Gasteiger partial charge in [-0.25, -0.2) is 4.79 Å². The van der Waals surface area contributed by atoms with E-state index in [1.54, 1.807) is 32.9 Å². The molecule has 0 aromatic heterocycles. The van der Waals surface area contributed by atoms with Crippen LogP contribution in [-0.4, -0.2) is 44.0 Å². The third kappa shape index (κ3) is 4.35.